The van der Waals surface area contributed by atoms with Crippen molar-refractivity contribution in [1.82, 2.24) is 0 Å². The van der Waals surface area contributed by atoms with Gasteiger partial charge in [-0.3, -0.25) is 14.4 Å². The van der Waals surface area contributed by atoms with Gasteiger partial charge >= 0.3 is 17.9 Å². The Morgan fingerprint density at radius 3 is 1.52 bits per heavy atom. The van der Waals surface area contributed by atoms with Gasteiger partial charge in [-0.25, -0.2) is 0 Å². The van der Waals surface area contributed by atoms with Crippen LogP contribution in [-0.4, -0.2) is 39.2 Å². The van der Waals surface area contributed by atoms with Crippen molar-refractivity contribution in [2.45, 2.75) is 84.0 Å². The number of allylic oxidation sites excluding steroid dienone is 2. The van der Waals surface area contributed by atoms with Crippen LogP contribution in [0.15, 0.2) is 12.2 Å². The first-order valence-electron chi connectivity index (χ1n) is 11.9. The maximum atomic E-state index is 12.7. The summed E-state index contributed by atoms with van der Waals surface area (Å²) >= 11 is 0. The third kappa shape index (κ3) is 9.44. The number of carbonyl (C=O) groups is 3. The number of unbranched alkanes of at least 4 members (excludes halogenated alkanes) is 7. The molecule has 0 radical (unpaired) electrons. The van der Waals surface area contributed by atoms with Crippen molar-refractivity contribution in [3.8, 4) is 0 Å². The molecule has 0 aromatic carbocycles. The minimum Gasteiger partial charge on any atom is -0.469 e. The van der Waals surface area contributed by atoms with Crippen molar-refractivity contribution in [2.24, 2.45) is 23.7 Å². The molecule has 1 rings (SSSR count). The Kier molecular flexibility index (Phi) is 13.9. The van der Waals surface area contributed by atoms with Gasteiger partial charge in [0.25, 0.3) is 0 Å². The van der Waals surface area contributed by atoms with Crippen molar-refractivity contribution < 1.29 is 28.6 Å². The van der Waals surface area contributed by atoms with Gasteiger partial charge < -0.3 is 14.2 Å². The van der Waals surface area contributed by atoms with E-state index in [2.05, 4.69) is 23.8 Å². The predicted molar refractivity (Wildman–Crippen MR) is 120 cm³/mol. The van der Waals surface area contributed by atoms with Crippen LogP contribution in [0.2, 0.25) is 0 Å². The van der Waals surface area contributed by atoms with Crippen LogP contribution in [0.1, 0.15) is 84.0 Å². The van der Waals surface area contributed by atoms with Crippen LogP contribution in [0.4, 0.5) is 0 Å². The Hall–Kier alpha value is -1.85. The minimum absolute atomic E-state index is 0.00878. The maximum Gasteiger partial charge on any atom is 0.310 e. The molecule has 4 atom stereocenters. The van der Waals surface area contributed by atoms with Crippen LogP contribution < -0.4 is 0 Å². The summed E-state index contributed by atoms with van der Waals surface area (Å²) in [7, 11) is 4.18. The number of esters is 3. The number of ether oxygens (including phenoxy) is 3. The van der Waals surface area contributed by atoms with Gasteiger partial charge in [0, 0.05) is 6.42 Å². The van der Waals surface area contributed by atoms with Gasteiger partial charge in [0.1, 0.15) is 0 Å². The molecule has 0 heterocycles. The van der Waals surface area contributed by atoms with Crippen LogP contribution in [0.25, 0.3) is 0 Å². The zero-order valence-corrected chi connectivity index (χ0v) is 19.9. The van der Waals surface area contributed by atoms with E-state index in [9.17, 15) is 14.4 Å². The molecule has 1 aliphatic rings. The van der Waals surface area contributed by atoms with E-state index >= 15 is 0 Å². The molecule has 31 heavy (non-hydrogen) atoms. The normalized spacial score (nSPS) is 22.7. The fourth-order valence-electron chi connectivity index (χ4n) is 4.61. The zero-order chi connectivity index (χ0) is 23.1. The highest BCUT2D eigenvalue weighted by Crippen LogP contribution is 2.40. The third-order valence-electron chi connectivity index (χ3n) is 6.40. The molecular weight excluding hydrogens is 396 g/mol. The summed E-state index contributed by atoms with van der Waals surface area (Å²) in [6, 6.07) is 0. The first-order chi connectivity index (χ1) is 15.0. The monoisotopic (exact) mass is 438 g/mol. The molecule has 1 aliphatic carbocycles. The Morgan fingerprint density at radius 2 is 1.10 bits per heavy atom. The standard InChI is InChI=1S/C25H42O6/c1-5-6-7-8-11-14-19-17-18-20(15-12-9-10-13-16-21(26)29-2)23(25(28)31-4)22(19)24(27)30-3/h17-20,22-23H,5-16H2,1-4H3/t19-,20+,22+,23+/m0/s1. The summed E-state index contributed by atoms with van der Waals surface area (Å²) in [5.41, 5.74) is 0. The summed E-state index contributed by atoms with van der Waals surface area (Å²) in [5, 5.41) is 0. The van der Waals surface area contributed by atoms with Gasteiger partial charge in [-0.1, -0.05) is 70.4 Å². The van der Waals surface area contributed by atoms with E-state index in [0.717, 1.165) is 51.4 Å². The second kappa shape index (κ2) is 15.9. The van der Waals surface area contributed by atoms with Gasteiger partial charge in [-0.05, 0) is 31.1 Å². The second-order valence-corrected chi connectivity index (χ2v) is 8.54. The van der Waals surface area contributed by atoms with E-state index in [1.165, 1.54) is 40.6 Å². The van der Waals surface area contributed by atoms with E-state index in [0.29, 0.717) is 6.42 Å². The van der Waals surface area contributed by atoms with Crippen LogP contribution in [0.3, 0.4) is 0 Å². The molecule has 0 bridgehead atoms. The Morgan fingerprint density at radius 1 is 0.645 bits per heavy atom. The lowest BCUT2D eigenvalue weighted by molar-refractivity contribution is -0.162. The van der Waals surface area contributed by atoms with Gasteiger partial charge in [-0.15, -0.1) is 0 Å². The topological polar surface area (TPSA) is 78.9 Å². The second-order valence-electron chi connectivity index (χ2n) is 8.54. The van der Waals surface area contributed by atoms with Crippen molar-refractivity contribution in [1.29, 1.82) is 0 Å². The highest BCUT2D eigenvalue weighted by molar-refractivity contribution is 5.83. The molecule has 0 unspecified atom stereocenters. The van der Waals surface area contributed by atoms with Gasteiger partial charge in [0.2, 0.25) is 0 Å². The first-order valence-corrected chi connectivity index (χ1v) is 11.9. The Balaban J connectivity index is 2.74. The Bertz CT molecular complexity index is 570. The average Bonchev–Trinajstić information content (AvgIpc) is 2.79. The van der Waals surface area contributed by atoms with E-state index in [4.69, 9.17) is 9.47 Å². The molecule has 0 aliphatic heterocycles. The highest BCUT2D eigenvalue weighted by atomic mass is 16.5. The summed E-state index contributed by atoms with van der Waals surface area (Å²) in [6.45, 7) is 2.19. The van der Waals surface area contributed by atoms with E-state index in [-0.39, 0.29) is 29.7 Å². The molecule has 6 nitrogen and oxygen atoms in total. The number of hydrogen-bond acceptors (Lipinski definition) is 6. The predicted octanol–water partition coefficient (Wildman–Crippen LogP) is 5.24. The van der Waals surface area contributed by atoms with Gasteiger partial charge in [0.15, 0.2) is 0 Å². The van der Waals surface area contributed by atoms with E-state index in [1.807, 2.05) is 0 Å². The number of hydrogen-bond donors (Lipinski definition) is 0. The molecule has 0 fully saturated rings. The lowest BCUT2D eigenvalue weighted by Crippen LogP contribution is -2.42. The summed E-state index contributed by atoms with van der Waals surface area (Å²) in [6.07, 6.45) is 15.8. The molecule has 6 heteroatoms. The Labute approximate surface area is 188 Å². The molecule has 178 valence electrons. The van der Waals surface area contributed by atoms with Crippen LogP contribution in [0, 0.1) is 23.7 Å². The van der Waals surface area contributed by atoms with Gasteiger partial charge in [-0.2, -0.15) is 0 Å². The summed E-state index contributed by atoms with van der Waals surface area (Å²) < 4.78 is 14.9. The summed E-state index contributed by atoms with van der Waals surface area (Å²) in [4.78, 5) is 36.6. The molecule has 0 saturated carbocycles. The first kappa shape index (κ1) is 27.2. The third-order valence-corrected chi connectivity index (χ3v) is 6.40. The van der Waals surface area contributed by atoms with Crippen molar-refractivity contribution in [2.75, 3.05) is 21.3 Å². The smallest absolute Gasteiger partial charge is 0.310 e. The average molecular weight is 439 g/mol. The molecule has 0 saturated heterocycles. The van der Waals surface area contributed by atoms with Crippen LogP contribution in [-0.2, 0) is 28.6 Å². The highest BCUT2D eigenvalue weighted by Gasteiger charge is 2.45. The molecule has 0 aromatic rings. The molecule has 0 aromatic heterocycles. The fraction of sp³-hybridized carbons (Fsp3) is 0.800. The summed E-state index contributed by atoms with van der Waals surface area (Å²) in [5.74, 6) is -1.84. The molecule has 0 spiro atoms. The van der Waals surface area contributed by atoms with Crippen molar-refractivity contribution >= 4 is 17.9 Å². The molecular formula is C25H42O6. The molecule has 0 N–H and O–H groups in total. The minimum atomic E-state index is -0.502. The van der Waals surface area contributed by atoms with Crippen molar-refractivity contribution in [3.05, 3.63) is 12.2 Å². The lowest BCUT2D eigenvalue weighted by Gasteiger charge is -2.36. The lowest BCUT2D eigenvalue weighted by atomic mass is 9.67. The van der Waals surface area contributed by atoms with E-state index < -0.39 is 11.8 Å². The fourth-order valence-corrected chi connectivity index (χ4v) is 4.61. The van der Waals surface area contributed by atoms with E-state index in [1.54, 1.807) is 0 Å². The number of rotatable bonds is 15. The van der Waals surface area contributed by atoms with Crippen LogP contribution in [0.5, 0.6) is 0 Å². The zero-order valence-electron chi connectivity index (χ0n) is 19.9. The largest absolute Gasteiger partial charge is 0.469 e. The quantitative estimate of drug-likeness (QED) is 0.151. The molecule has 0 amide bonds. The maximum absolute atomic E-state index is 12.7. The van der Waals surface area contributed by atoms with Gasteiger partial charge in [0.05, 0.1) is 33.2 Å². The SMILES string of the molecule is CCCCCCC[C@H]1C=C[C@@H](CCCCCCC(=O)OC)[C@@H](C(=O)OC)[C@@H]1C(=O)OC. The van der Waals surface area contributed by atoms with Crippen molar-refractivity contribution in [3.63, 3.8) is 0 Å². The number of carbonyl (C=O) groups excluding carboxylic acids is 3. The number of methoxy groups -OCH3 is 3. The van der Waals surface area contributed by atoms with Crippen LogP contribution >= 0.6 is 0 Å².